The molecule has 0 fully saturated rings. The molecule has 37 heavy (non-hydrogen) atoms. The van der Waals surface area contributed by atoms with Crippen molar-refractivity contribution in [3.8, 4) is 0 Å². The summed E-state index contributed by atoms with van der Waals surface area (Å²) in [6, 6.07) is 17.4. The van der Waals surface area contributed by atoms with Crippen LogP contribution in [0.4, 0.5) is 10.8 Å². The van der Waals surface area contributed by atoms with Crippen LogP contribution >= 0.6 is 11.3 Å². The lowest BCUT2D eigenvalue weighted by atomic mass is 10.1. The average Bonchev–Trinajstić information content (AvgIpc) is 3.24. The number of aromatic nitrogens is 1. The number of nitrogens with one attached hydrogen (secondary N) is 1. The van der Waals surface area contributed by atoms with E-state index in [1.165, 1.54) is 22.5 Å². The minimum atomic E-state index is -3.72. The van der Waals surface area contributed by atoms with Crippen molar-refractivity contribution in [1.82, 2.24) is 9.88 Å². The second-order valence-corrected chi connectivity index (χ2v) is 12.2. The van der Waals surface area contributed by atoms with Crippen LogP contribution in [0.15, 0.2) is 65.6 Å². The molecule has 1 heterocycles. The molecular weight excluding hydrogens is 504 g/mol. The van der Waals surface area contributed by atoms with E-state index < -0.39 is 10.0 Å². The molecule has 9 heteroatoms. The highest BCUT2D eigenvalue weighted by Crippen LogP contribution is 2.32. The first-order chi connectivity index (χ1) is 17.5. The first-order valence-corrected chi connectivity index (χ1v) is 14.4. The standard InChI is InChI=1S/C28H32N4O3S2/c1-19-7-13-24(14-8-19)37(34,35)30-23-11-9-22(10-12-23)27(33)32(16-6-15-31(4)5)28-29-25-17-20(2)21(3)18-26(25)36-28/h7-14,17-18,30H,6,15-16H2,1-5H3. The lowest BCUT2D eigenvalue weighted by Gasteiger charge is -2.21. The van der Waals surface area contributed by atoms with E-state index in [4.69, 9.17) is 4.98 Å². The van der Waals surface area contributed by atoms with Crippen molar-refractivity contribution < 1.29 is 13.2 Å². The number of thiazole rings is 1. The highest BCUT2D eigenvalue weighted by molar-refractivity contribution is 7.92. The van der Waals surface area contributed by atoms with Gasteiger partial charge in [-0.2, -0.15) is 0 Å². The maximum absolute atomic E-state index is 13.6. The van der Waals surface area contributed by atoms with E-state index in [2.05, 4.69) is 35.6 Å². The van der Waals surface area contributed by atoms with Gasteiger partial charge in [-0.1, -0.05) is 29.0 Å². The van der Waals surface area contributed by atoms with Gasteiger partial charge >= 0.3 is 0 Å². The lowest BCUT2D eigenvalue weighted by molar-refractivity contribution is 0.0986. The molecule has 1 amide bonds. The molecule has 194 valence electrons. The SMILES string of the molecule is Cc1ccc(S(=O)(=O)Nc2ccc(C(=O)N(CCCN(C)C)c3nc4cc(C)c(C)cc4s3)cc2)cc1. The van der Waals surface area contributed by atoms with Gasteiger partial charge in [0.2, 0.25) is 0 Å². The van der Waals surface area contributed by atoms with Gasteiger partial charge < -0.3 is 4.90 Å². The van der Waals surface area contributed by atoms with E-state index >= 15 is 0 Å². The second kappa shape index (κ2) is 11.0. The Hall–Kier alpha value is -3.27. The van der Waals surface area contributed by atoms with Gasteiger partial charge in [0.15, 0.2) is 5.13 Å². The van der Waals surface area contributed by atoms with Gasteiger partial charge in [0.05, 0.1) is 15.1 Å². The molecular formula is C28H32N4O3S2. The summed E-state index contributed by atoms with van der Waals surface area (Å²) < 4.78 is 29.1. The van der Waals surface area contributed by atoms with E-state index in [9.17, 15) is 13.2 Å². The van der Waals surface area contributed by atoms with Crippen LogP contribution in [0, 0.1) is 20.8 Å². The Morgan fingerprint density at radius 3 is 2.22 bits per heavy atom. The van der Waals surface area contributed by atoms with Crippen LogP contribution < -0.4 is 9.62 Å². The maximum Gasteiger partial charge on any atom is 0.261 e. The van der Waals surface area contributed by atoms with E-state index in [0.29, 0.717) is 22.9 Å². The fourth-order valence-electron chi connectivity index (χ4n) is 3.88. The van der Waals surface area contributed by atoms with Crippen molar-refractivity contribution in [3.05, 3.63) is 82.9 Å². The third-order valence-corrected chi connectivity index (χ3v) is 8.61. The summed E-state index contributed by atoms with van der Waals surface area (Å²) >= 11 is 1.51. The Morgan fingerprint density at radius 1 is 0.919 bits per heavy atom. The molecule has 3 aromatic carbocycles. The Morgan fingerprint density at radius 2 is 1.57 bits per heavy atom. The number of anilines is 2. The zero-order valence-electron chi connectivity index (χ0n) is 21.8. The van der Waals surface area contributed by atoms with Gasteiger partial charge in [-0.3, -0.25) is 14.4 Å². The summed E-state index contributed by atoms with van der Waals surface area (Å²) in [7, 11) is 0.289. The monoisotopic (exact) mass is 536 g/mol. The van der Waals surface area contributed by atoms with Gasteiger partial charge in [-0.25, -0.2) is 13.4 Å². The molecule has 0 unspecified atom stereocenters. The molecule has 7 nitrogen and oxygen atoms in total. The summed E-state index contributed by atoms with van der Waals surface area (Å²) in [4.78, 5) is 22.4. The number of rotatable bonds is 9. The normalized spacial score (nSPS) is 11.7. The fourth-order valence-corrected chi connectivity index (χ4v) is 6.01. The Balaban J connectivity index is 1.58. The molecule has 4 rings (SSSR count). The smallest absolute Gasteiger partial charge is 0.261 e. The molecule has 0 spiro atoms. The minimum Gasteiger partial charge on any atom is -0.309 e. The molecule has 0 aliphatic heterocycles. The molecule has 0 atom stereocenters. The molecule has 0 aliphatic carbocycles. The minimum absolute atomic E-state index is 0.167. The van der Waals surface area contributed by atoms with E-state index in [0.717, 1.165) is 28.7 Å². The molecule has 1 aromatic heterocycles. The molecule has 0 aliphatic rings. The van der Waals surface area contributed by atoms with Gasteiger partial charge in [0.25, 0.3) is 15.9 Å². The fraction of sp³-hybridized carbons (Fsp3) is 0.286. The van der Waals surface area contributed by atoms with Crippen LogP contribution in [0.5, 0.6) is 0 Å². The molecule has 0 bridgehead atoms. The highest BCUT2D eigenvalue weighted by atomic mass is 32.2. The molecule has 0 saturated heterocycles. The summed E-state index contributed by atoms with van der Waals surface area (Å²) in [5.74, 6) is -0.167. The van der Waals surface area contributed by atoms with Crippen molar-refractivity contribution in [2.75, 3.05) is 36.8 Å². The van der Waals surface area contributed by atoms with Crippen LogP contribution in [-0.2, 0) is 10.0 Å². The molecule has 4 aromatic rings. The molecule has 1 N–H and O–H groups in total. The van der Waals surface area contributed by atoms with Crippen molar-refractivity contribution >= 4 is 48.3 Å². The van der Waals surface area contributed by atoms with Gasteiger partial charge in [-0.15, -0.1) is 0 Å². The average molecular weight is 537 g/mol. The molecule has 0 radical (unpaired) electrons. The number of sulfonamides is 1. The number of hydrogen-bond acceptors (Lipinski definition) is 6. The zero-order valence-corrected chi connectivity index (χ0v) is 23.4. The number of aryl methyl sites for hydroxylation is 3. The highest BCUT2D eigenvalue weighted by Gasteiger charge is 2.22. The maximum atomic E-state index is 13.6. The number of carbonyl (C=O) groups is 1. The summed E-state index contributed by atoms with van der Waals surface area (Å²) in [6.45, 7) is 7.40. The van der Waals surface area contributed by atoms with Gasteiger partial charge in [-0.05, 0) is 107 Å². The quantitative estimate of drug-likeness (QED) is 0.300. The largest absolute Gasteiger partial charge is 0.309 e. The van der Waals surface area contributed by atoms with E-state index in [-0.39, 0.29) is 10.8 Å². The predicted octanol–water partition coefficient (Wildman–Crippen LogP) is 5.62. The molecule has 0 saturated carbocycles. The van der Waals surface area contributed by atoms with Crippen molar-refractivity contribution in [2.45, 2.75) is 32.1 Å². The van der Waals surface area contributed by atoms with Crippen molar-refractivity contribution in [2.24, 2.45) is 0 Å². The first-order valence-electron chi connectivity index (χ1n) is 12.1. The van der Waals surface area contributed by atoms with E-state index in [1.807, 2.05) is 21.0 Å². The summed E-state index contributed by atoms with van der Waals surface area (Å²) in [6.07, 6.45) is 0.793. The Labute approximate surface area is 222 Å². The Kier molecular flexibility index (Phi) is 7.96. The number of carbonyl (C=O) groups excluding carboxylic acids is 1. The number of fused-ring (bicyclic) bond motifs is 1. The van der Waals surface area contributed by atoms with Gasteiger partial charge in [0, 0.05) is 17.8 Å². The summed E-state index contributed by atoms with van der Waals surface area (Å²) in [5, 5.41) is 0.660. The van der Waals surface area contributed by atoms with Crippen molar-refractivity contribution in [3.63, 3.8) is 0 Å². The third-order valence-electron chi connectivity index (χ3n) is 6.17. The van der Waals surface area contributed by atoms with Crippen LogP contribution in [0.2, 0.25) is 0 Å². The lowest BCUT2D eigenvalue weighted by Crippen LogP contribution is -2.33. The Bertz CT molecular complexity index is 1470. The van der Waals surface area contributed by atoms with Gasteiger partial charge in [0.1, 0.15) is 0 Å². The van der Waals surface area contributed by atoms with Crippen LogP contribution in [-0.4, -0.2) is 51.4 Å². The van der Waals surface area contributed by atoms with Crippen LogP contribution in [0.1, 0.15) is 33.5 Å². The predicted molar refractivity (Wildman–Crippen MR) is 152 cm³/mol. The van der Waals surface area contributed by atoms with Crippen LogP contribution in [0.3, 0.4) is 0 Å². The zero-order chi connectivity index (χ0) is 26.7. The topological polar surface area (TPSA) is 82.6 Å². The summed E-state index contributed by atoms with van der Waals surface area (Å²) in [5.41, 5.74) is 5.08. The number of hydrogen-bond donors (Lipinski definition) is 1. The third kappa shape index (κ3) is 6.36. The number of benzene rings is 3. The van der Waals surface area contributed by atoms with E-state index in [1.54, 1.807) is 53.4 Å². The van der Waals surface area contributed by atoms with Crippen LogP contribution in [0.25, 0.3) is 10.2 Å². The second-order valence-electron chi connectivity index (χ2n) is 9.51. The number of nitrogens with zero attached hydrogens (tertiary/aromatic N) is 3. The number of amides is 1. The first kappa shape index (κ1) is 26.8. The van der Waals surface area contributed by atoms with Crippen molar-refractivity contribution in [1.29, 1.82) is 0 Å².